The maximum Gasteiger partial charge on any atom is 0.136 e. The van der Waals surface area contributed by atoms with E-state index >= 15 is 0 Å². The fourth-order valence-electron chi connectivity index (χ4n) is 2.82. The maximum atomic E-state index is 12.0. The van der Waals surface area contributed by atoms with E-state index in [0.29, 0.717) is 11.5 Å². The van der Waals surface area contributed by atoms with Crippen LogP contribution in [0.1, 0.15) is 46.5 Å². The Morgan fingerprint density at radius 1 is 1.38 bits per heavy atom. The van der Waals surface area contributed by atoms with Crippen LogP contribution in [0, 0.1) is 5.41 Å². The summed E-state index contributed by atoms with van der Waals surface area (Å²) in [5.74, 6) is 0. The summed E-state index contributed by atoms with van der Waals surface area (Å²) in [4.78, 5) is 0. The zero-order valence-electron chi connectivity index (χ0n) is 10.6. The summed E-state index contributed by atoms with van der Waals surface area (Å²) >= 11 is -0.914. The first-order chi connectivity index (χ1) is 7.41. The Hall–Kier alpha value is 0.230. The molecule has 1 unspecified atom stereocenters. The number of hydrogen-bond donors (Lipinski definition) is 2. The first-order valence-corrected chi connectivity index (χ1v) is 7.45. The normalized spacial score (nSPS) is 37.1. The van der Waals surface area contributed by atoms with Gasteiger partial charge in [0, 0.05) is 17.9 Å². The first kappa shape index (κ1) is 12.7. The van der Waals surface area contributed by atoms with Gasteiger partial charge in [0.25, 0.3) is 0 Å². The van der Waals surface area contributed by atoms with Gasteiger partial charge in [-0.15, -0.1) is 4.72 Å². The van der Waals surface area contributed by atoms with Crippen LogP contribution in [-0.4, -0.2) is 28.4 Å². The van der Waals surface area contributed by atoms with Crippen LogP contribution in [-0.2, 0) is 11.4 Å². The van der Waals surface area contributed by atoms with Crippen LogP contribution in [0.3, 0.4) is 0 Å². The lowest BCUT2D eigenvalue weighted by Gasteiger charge is -2.27. The summed E-state index contributed by atoms with van der Waals surface area (Å²) in [6.45, 7) is 8.40. The standard InChI is InChI=1S/C12H24N2OS/c1-11(2,3)16(15)14-10-4-5-12(8-10)6-7-13-9-12/h10,13-14H,4-9H2,1-3H3/t10-,12?,16-/m1/s1. The molecule has 2 fully saturated rings. The maximum absolute atomic E-state index is 12.0. The molecule has 4 heteroatoms. The van der Waals surface area contributed by atoms with Gasteiger partial charge in [-0.25, -0.2) is 0 Å². The third kappa shape index (κ3) is 2.73. The molecular weight excluding hydrogens is 220 g/mol. The van der Waals surface area contributed by atoms with Gasteiger partial charge in [-0.3, -0.25) is 0 Å². The number of hydrogen-bond acceptors (Lipinski definition) is 3. The summed E-state index contributed by atoms with van der Waals surface area (Å²) in [5, 5.41) is 3.46. The van der Waals surface area contributed by atoms with Crippen molar-refractivity contribution in [1.82, 2.24) is 10.0 Å². The average Bonchev–Trinajstić information content (AvgIpc) is 2.77. The van der Waals surface area contributed by atoms with Crippen molar-refractivity contribution in [2.24, 2.45) is 5.41 Å². The molecule has 1 saturated carbocycles. The molecule has 94 valence electrons. The molecular formula is C12H24N2OS. The SMILES string of the molecule is CC(C)(C)[S@@+]([O-])N[C@@H]1CCC2(CCNC2)C1. The van der Waals surface area contributed by atoms with E-state index < -0.39 is 11.4 Å². The fourth-order valence-corrected chi connectivity index (χ4v) is 3.68. The second-order valence-electron chi connectivity index (χ2n) is 6.37. The largest absolute Gasteiger partial charge is 0.598 e. The van der Waals surface area contributed by atoms with Crippen LogP contribution in [0.2, 0.25) is 0 Å². The smallest absolute Gasteiger partial charge is 0.136 e. The van der Waals surface area contributed by atoms with E-state index in [9.17, 15) is 4.55 Å². The van der Waals surface area contributed by atoms with E-state index in [1.165, 1.54) is 25.7 Å². The van der Waals surface area contributed by atoms with Gasteiger partial charge < -0.3 is 9.87 Å². The van der Waals surface area contributed by atoms with E-state index in [1.807, 2.05) is 20.8 Å². The summed E-state index contributed by atoms with van der Waals surface area (Å²) in [7, 11) is 0. The van der Waals surface area contributed by atoms with Gasteiger partial charge in [0.1, 0.15) is 4.75 Å². The Kier molecular flexibility index (Phi) is 3.55. The van der Waals surface area contributed by atoms with Gasteiger partial charge >= 0.3 is 0 Å². The minimum atomic E-state index is -0.914. The third-order valence-electron chi connectivity index (χ3n) is 3.86. The Labute approximate surface area is 102 Å². The molecule has 0 amide bonds. The van der Waals surface area contributed by atoms with E-state index in [1.54, 1.807) is 0 Å². The average molecular weight is 244 g/mol. The number of nitrogens with one attached hydrogen (secondary N) is 2. The van der Waals surface area contributed by atoms with Gasteiger partial charge in [-0.05, 0) is 58.4 Å². The zero-order chi connectivity index (χ0) is 11.8. The molecule has 0 aromatic rings. The minimum Gasteiger partial charge on any atom is -0.598 e. The zero-order valence-corrected chi connectivity index (χ0v) is 11.5. The molecule has 1 heterocycles. The lowest BCUT2D eigenvalue weighted by Crippen LogP contribution is -2.44. The lowest BCUT2D eigenvalue weighted by molar-refractivity contribution is 0.328. The quantitative estimate of drug-likeness (QED) is 0.725. The van der Waals surface area contributed by atoms with Crippen LogP contribution < -0.4 is 10.0 Å². The Morgan fingerprint density at radius 3 is 2.69 bits per heavy atom. The van der Waals surface area contributed by atoms with Gasteiger partial charge in [-0.2, -0.15) is 0 Å². The highest BCUT2D eigenvalue weighted by Crippen LogP contribution is 2.43. The molecule has 0 bridgehead atoms. The van der Waals surface area contributed by atoms with Gasteiger partial charge in [0.15, 0.2) is 0 Å². The predicted molar refractivity (Wildman–Crippen MR) is 68.6 cm³/mol. The molecule has 3 nitrogen and oxygen atoms in total. The highest BCUT2D eigenvalue weighted by atomic mass is 32.2. The van der Waals surface area contributed by atoms with Crippen LogP contribution in [0.15, 0.2) is 0 Å². The molecule has 1 saturated heterocycles. The molecule has 1 spiro atoms. The predicted octanol–water partition coefficient (Wildman–Crippen LogP) is 1.57. The lowest BCUT2D eigenvalue weighted by atomic mass is 9.85. The summed E-state index contributed by atoms with van der Waals surface area (Å²) < 4.78 is 15.2. The molecule has 1 aliphatic carbocycles. The molecule has 2 N–H and O–H groups in total. The molecule has 0 radical (unpaired) electrons. The van der Waals surface area contributed by atoms with E-state index in [0.717, 1.165) is 13.1 Å². The summed E-state index contributed by atoms with van der Waals surface area (Å²) in [6, 6.07) is 0.458. The van der Waals surface area contributed by atoms with E-state index in [2.05, 4.69) is 10.0 Å². The van der Waals surface area contributed by atoms with Gasteiger partial charge in [0.2, 0.25) is 0 Å². The van der Waals surface area contributed by atoms with Gasteiger partial charge in [-0.1, -0.05) is 0 Å². The summed E-state index contributed by atoms with van der Waals surface area (Å²) in [5.41, 5.74) is 0.514. The van der Waals surface area contributed by atoms with Crippen molar-refractivity contribution in [3.63, 3.8) is 0 Å². The fraction of sp³-hybridized carbons (Fsp3) is 1.00. The van der Waals surface area contributed by atoms with Crippen LogP contribution >= 0.6 is 0 Å². The van der Waals surface area contributed by atoms with Crippen LogP contribution in [0.5, 0.6) is 0 Å². The van der Waals surface area contributed by atoms with Crippen molar-refractivity contribution < 1.29 is 4.55 Å². The molecule has 2 aliphatic rings. The van der Waals surface area contributed by atoms with Crippen molar-refractivity contribution in [3.05, 3.63) is 0 Å². The topological polar surface area (TPSA) is 47.1 Å². The Morgan fingerprint density at radius 2 is 2.12 bits per heavy atom. The summed E-state index contributed by atoms with van der Waals surface area (Å²) in [6.07, 6.45) is 4.97. The Bertz CT molecular complexity index is 246. The van der Waals surface area contributed by atoms with Crippen molar-refractivity contribution in [1.29, 1.82) is 0 Å². The monoisotopic (exact) mass is 244 g/mol. The minimum absolute atomic E-state index is 0.149. The molecule has 16 heavy (non-hydrogen) atoms. The molecule has 0 aromatic heterocycles. The van der Waals surface area contributed by atoms with Crippen molar-refractivity contribution >= 4 is 11.4 Å². The molecule has 3 atom stereocenters. The van der Waals surface area contributed by atoms with E-state index in [4.69, 9.17) is 0 Å². The highest BCUT2D eigenvalue weighted by molar-refractivity contribution is 7.90. The highest BCUT2D eigenvalue weighted by Gasteiger charge is 2.43. The second-order valence-corrected chi connectivity index (χ2v) is 8.36. The van der Waals surface area contributed by atoms with Crippen LogP contribution in [0.4, 0.5) is 0 Å². The van der Waals surface area contributed by atoms with Crippen molar-refractivity contribution in [2.75, 3.05) is 13.1 Å². The molecule has 2 rings (SSSR count). The second kappa shape index (κ2) is 4.48. The molecule has 0 aromatic carbocycles. The van der Waals surface area contributed by atoms with E-state index in [-0.39, 0.29) is 4.75 Å². The van der Waals surface area contributed by atoms with Crippen LogP contribution in [0.25, 0.3) is 0 Å². The van der Waals surface area contributed by atoms with Crippen molar-refractivity contribution in [3.8, 4) is 0 Å². The molecule has 1 aliphatic heterocycles. The van der Waals surface area contributed by atoms with Crippen molar-refractivity contribution in [2.45, 2.75) is 57.2 Å². The number of rotatable bonds is 2. The first-order valence-electron chi connectivity index (χ1n) is 6.30. The Balaban J connectivity index is 1.85. The van der Waals surface area contributed by atoms with Gasteiger partial charge in [0.05, 0.1) is 6.04 Å². The third-order valence-corrected chi connectivity index (χ3v) is 5.52.